The zero-order valence-corrected chi connectivity index (χ0v) is 48.1. The van der Waals surface area contributed by atoms with Crippen molar-refractivity contribution in [3.05, 3.63) is 284 Å². The molecule has 0 atom stereocenters. The lowest BCUT2D eigenvalue weighted by Gasteiger charge is -2.43. The van der Waals surface area contributed by atoms with Crippen LogP contribution in [0.3, 0.4) is 0 Å². The highest BCUT2D eigenvalue weighted by Crippen LogP contribution is 2.53. The molecule has 15 rings (SSSR count). The van der Waals surface area contributed by atoms with Gasteiger partial charge in [0.2, 0.25) is 0 Å². The average molecular weight is 1080 g/mol. The van der Waals surface area contributed by atoms with Gasteiger partial charge in [0.1, 0.15) is 0 Å². The maximum absolute atomic E-state index is 4.37. The molecule has 2 aliphatic heterocycles. The van der Waals surface area contributed by atoms with Crippen molar-refractivity contribution in [1.29, 1.82) is 0 Å². The van der Waals surface area contributed by atoms with Crippen molar-refractivity contribution >= 4 is 73.3 Å². The van der Waals surface area contributed by atoms with Crippen LogP contribution in [-0.2, 0) is 11.8 Å². The molecule has 3 nitrogen and oxygen atoms in total. The molecule has 0 aliphatic carbocycles. The molecule has 0 saturated carbocycles. The maximum atomic E-state index is 4.37. The molecule has 1 aromatic heterocycles. The number of fused-ring (bicyclic) bond motifs is 7. The number of aryl methyl sites for hydroxylation is 1. The molecule has 0 bridgehead atoms. The van der Waals surface area contributed by atoms with Crippen molar-refractivity contribution in [1.82, 2.24) is 4.57 Å². The molecule has 13 aromatic rings. The third kappa shape index (κ3) is 8.67. The molecule has 0 radical (unpaired) electrons. The molecule has 12 aromatic carbocycles. The number of hydrogen-bond acceptors (Lipinski definition) is 2. The highest BCUT2D eigenvalue weighted by Gasteiger charge is 2.44. The minimum absolute atomic E-state index is 0.159. The van der Waals surface area contributed by atoms with Crippen LogP contribution in [0.15, 0.2) is 273 Å². The highest BCUT2D eigenvalue weighted by molar-refractivity contribution is 7.00. The van der Waals surface area contributed by atoms with Crippen LogP contribution in [0.2, 0.25) is 0 Å². The van der Waals surface area contributed by atoms with Gasteiger partial charge in [0, 0.05) is 55.9 Å². The van der Waals surface area contributed by atoms with Gasteiger partial charge < -0.3 is 14.8 Å². The number of aromatic nitrogens is 1. The summed E-state index contributed by atoms with van der Waals surface area (Å²) in [6.45, 7) is 9.24. The molecular formula is C80H64BN3. The fourth-order valence-corrected chi connectivity index (χ4v) is 13.7. The lowest BCUT2D eigenvalue weighted by Crippen LogP contribution is -2.60. The van der Waals surface area contributed by atoms with Crippen LogP contribution in [-0.4, -0.2) is 11.3 Å². The Morgan fingerprint density at radius 2 is 0.929 bits per heavy atom. The van der Waals surface area contributed by atoms with Crippen LogP contribution >= 0.6 is 0 Å². The van der Waals surface area contributed by atoms with Gasteiger partial charge in [0.15, 0.2) is 0 Å². The summed E-state index contributed by atoms with van der Waals surface area (Å²) in [5, 5.41) is 6.85. The summed E-state index contributed by atoms with van der Waals surface area (Å²) in [4.78, 5) is 2.68. The summed E-state index contributed by atoms with van der Waals surface area (Å²) in [6, 6.07) is 102. The Hall–Kier alpha value is -9.90. The predicted octanol–water partition coefficient (Wildman–Crippen LogP) is 19.8. The molecule has 0 unspecified atom stereocenters. The molecule has 4 heteroatoms. The second-order valence-electron chi connectivity index (χ2n) is 23.9. The summed E-state index contributed by atoms with van der Waals surface area (Å²) >= 11 is 0. The van der Waals surface area contributed by atoms with Gasteiger partial charge in [-0.3, -0.25) is 0 Å². The van der Waals surface area contributed by atoms with Crippen molar-refractivity contribution in [2.24, 2.45) is 0 Å². The van der Waals surface area contributed by atoms with E-state index < -0.39 is 0 Å². The highest BCUT2D eigenvalue weighted by atomic mass is 15.2. The van der Waals surface area contributed by atoms with Crippen molar-refractivity contribution in [2.45, 2.75) is 52.4 Å². The monoisotopic (exact) mass is 1080 g/mol. The molecule has 0 saturated heterocycles. The number of unbranched alkanes of at least 4 members (excludes halogenated alkanes) is 1. The Morgan fingerprint density at radius 1 is 0.417 bits per heavy atom. The van der Waals surface area contributed by atoms with E-state index in [1.54, 1.807) is 0 Å². The number of rotatable bonds is 11. The first-order valence-corrected chi connectivity index (χ1v) is 29.9. The summed E-state index contributed by atoms with van der Waals surface area (Å²) < 4.78 is 2.49. The summed E-state index contributed by atoms with van der Waals surface area (Å²) in [5.41, 5.74) is 29.8. The number of para-hydroxylation sites is 2. The van der Waals surface area contributed by atoms with E-state index in [-0.39, 0.29) is 12.1 Å². The number of nitrogens with one attached hydrogen (secondary N) is 1. The lowest BCUT2D eigenvalue weighted by atomic mass is 9.33. The second-order valence-corrected chi connectivity index (χ2v) is 23.9. The fraction of sp³-hybridized carbons (Fsp3) is 0.100. The molecule has 1 N–H and O–H groups in total. The van der Waals surface area contributed by atoms with Crippen molar-refractivity contribution < 1.29 is 0 Å². The van der Waals surface area contributed by atoms with Crippen LogP contribution in [0, 0.1) is 0 Å². The first-order valence-electron chi connectivity index (χ1n) is 29.9. The minimum Gasteiger partial charge on any atom is -0.356 e. The smallest absolute Gasteiger partial charge is 0.252 e. The number of anilines is 5. The van der Waals surface area contributed by atoms with Gasteiger partial charge in [0.25, 0.3) is 6.71 Å². The van der Waals surface area contributed by atoms with Crippen LogP contribution < -0.4 is 26.6 Å². The molecule has 402 valence electrons. The molecule has 0 spiro atoms. The third-order valence-corrected chi connectivity index (χ3v) is 17.7. The topological polar surface area (TPSA) is 20.2 Å². The Labute approximate surface area is 494 Å². The first-order chi connectivity index (χ1) is 41.3. The van der Waals surface area contributed by atoms with E-state index in [1.165, 1.54) is 105 Å². The normalized spacial score (nSPS) is 12.5. The molecular weight excluding hydrogens is 1010 g/mol. The van der Waals surface area contributed by atoms with Gasteiger partial charge in [-0.2, -0.15) is 0 Å². The van der Waals surface area contributed by atoms with Crippen molar-refractivity contribution in [2.75, 3.05) is 10.2 Å². The van der Waals surface area contributed by atoms with E-state index in [4.69, 9.17) is 0 Å². The Morgan fingerprint density at radius 3 is 1.49 bits per heavy atom. The summed E-state index contributed by atoms with van der Waals surface area (Å²) in [5.74, 6) is 0. The molecule has 2 aliphatic rings. The molecule has 84 heavy (non-hydrogen) atoms. The average Bonchev–Trinajstić information content (AvgIpc) is 0.905. The summed E-state index contributed by atoms with van der Waals surface area (Å²) in [6.07, 6.45) is 3.19. The van der Waals surface area contributed by atoms with Crippen LogP contribution in [0.25, 0.3) is 94.3 Å². The Bertz CT molecular complexity index is 4520. The number of benzene rings is 12. The first kappa shape index (κ1) is 51.0. The third-order valence-electron chi connectivity index (χ3n) is 17.7. The fourth-order valence-electron chi connectivity index (χ4n) is 13.7. The van der Waals surface area contributed by atoms with E-state index in [1.807, 2.05) is 0 Å². The van der Waals surface area contributed by atoms with Gasteiger partial charge in [-0.15, -0.1) is 0 Å². The van der Waals surface area contributed by atoms with Crippen LogP contribution in [0.1, 0.15) is 51.7 Å². The van der Waals surface area contributed by atoms with Gasteiger partial charge in [-0.25, -0.2) is 0 Å². The van der Waals surface area contributed by atoms with E-state index in [0.717, 1.165) is 64.3 Å². The largest absolute Gasteiger partial charge is 0.356 e. The van der Waals surface area contributed by atoms with Crippen LogP contribution in [0.4, 0.5) is 28.4 Å². The zero-order chi connectivity index (χ0) is 56.5. The Balaban J connectivity index is 1.10. The lowest BCUT2D eigenvalue weighted by molar-refractivity contribution is 0.591. The van der Waals surface area contributed by atoms with E-state index in [0.29, 0.717) is 0 Å². The quantitative estimate of drug-likeness (QED) is 0.130. The Kier molecular flexibility index (Phi) is 12.6. The minimum atomic E-state index is -0.214. The zero-order valence-electron chi connectivity index (χ0n) is 48.1. The standard InChI is InChI=1S/C80H64BN3/c1-5-6-27-58-38-26-41-63(55-32-16-9-17-33-55)76(58)68-48-60(54-30-14-8-15-31-54)49-70-78(68)82-71-50-61(80(2,3)4)51-75-77(71)81(70)69-45-44-62(83-72-42-24-22-39-64(72)65-40-23-25-43-73(65)83)52-74(69)84(75)79-66(56-34-18-10-19-35-56)46-59(53-28-12-7-13-29-53)47-67(79)57-36-20-11-21-37-57/h7-26,28-52,82H,5-6,27H2,1-4H3. The van der Waals surface area contributed by atoms with E-state index in [9.17, 15) is 0 Å². The van der Waals surface area contributed by atoms with Crippen molar-refractivity contribution in [3.63, 3.8) is 0 Å². The van der Waals surface area contributed by atoms with Gasteiger partial charge >= 0.3 is 0 Å². The van der Waals surface area contributed by atoms with E-state index in [2.05, 4.69) is 315 Å². The number of hydrogen-bond donors (Lipinski definition) is 1. The maximum Gasteiger partial charge on any atom is 0.252 e. The number of nitrogens with zero attached hydrogens (tertiary/aromatic N) is 2. The molecule has 0 amide bonds. The SMILES string of the molecule is CCCCc1cccc(-c2ccccc2)c1-c1cc(-c2ccccc2)cc2c1Nc1cc(C(C)(C)C)cc3c1B2c1ccc(-n2c4ccccc4c4ccccc42)cc1N3c1c(-c2ccccc2)cc(-c2ccccc2)cc1-c1ccccc1. The molecule has 0 fully saturated rings. The molecule has 3 heterocycles. The second kappa shape index (κ2) is 20.8. The van der Waals surface area contributed by atoms with Crippen LogP contribution in [0.5, 0.6) is 0 Å². The predicted molar refractivity (Wildman–Crippen MR) is 360 cm³/mol. The van der Waals surface area contributed by atoms with Gasteiger partial charge in [0.05, 0.1) is 16.7 Å². The van der Waals surface area contributed by atoms with Gasteiger partial charge in [-0.05, 0) is 150 Å². The van der Waals surface area contributed by atoms with Crippen molar-refractivity contribution in [3.8, 4) is 72.4 Å². The van der Waals surface area contributed by atoms with Gasteiger partial charge in [-0.1, -0.05) is 253 Å². The summed E-state index contributed by atoms with van der Waals surface area (Å²) in [7, 11) is 0. The van der Waals surface area contributed by atoms with E-state index >= 15 is 0 Å².